The summed E-state index contributed by atoms with van der Waals surface area (Å²) in [5.74, 6) is -0.0542. The highest BCUT2D eigenvalue weighted by atomic mass is 35.5. The molecule has 0 amide bonds. The fraction of sp³-hybridized carbons (Fsp3) is 0. The summed E-state index contributed by atoms with van der Waals surface area (Å²) in [5, 5.41) is 19.4. The van der Waals surface area contributed by atoms with Gasteiger partial charge in [-0.3, -0.25) is 4.55 Å². The van der Waals surface area contributed by atoms with E-state index in [1.54, 1.807) is 18.2 Å². The molecule has 0 aliphatic carbocycles. The first-order chi connectivity index (χ1) is 11.4. The molecule has 0 fully saturated rings. The number of azo groups is 1. The number of fused-ring (bicyclic) bond motifs is 1. The molecule has 0 saturated carbocycles. The van der Waals surface area contributed by atoms with Crippen LogP contribution >= 0.6 is 11.6 Å². The highest BCUT2D eigenvalue weighted by Crippen LogP contribution is 2.36. The standard InChI is InChI=1S/C16H11ClN2O4S/c17-13-7-6-11(9-15(13)24(21,22)23)18-19-16-12-4-2-1-3-10(12)5-8-14(16)20/h1-9,20H,(H,21,22,23). The quantitative estimate of drug-likeness (QED) is 0.513. The van der Waals surface area contributed by atoms with Crippen LogP contribution in [-0.2, 0) is 10.1 Å². The highest BCUT2D eigenvalue weighted by Gasteiger charge is 2.15. The lowest BCUT2D eigenvalue weighted by Crippen LogP contribution is -1.98. The maximum Gasteiger partial charge on any atom is 0.296 e. The number of rotatable bonds is 3. The van der Waals surface area contributed by atoms with Crippen LogP contribution in [0.25, 0.3) is 10.8 Å². The number of aromatic hydroxyl groups is 1. The maximum absolute atomic E-state index is 11.3. The Morgan fingerprint density at radius 3 is 2.46 bits per heavy atom. The van der Waals surface area contributed by atoms with Crippen LogP contribution in [-0.4, -0.2) is 18.1 Å². The van der Waals surface area contributed by atoms with Crippen LogP contribution in [0, 0.1) is 0 Å². The molecule has 0 radical (unpaired) electrons. The van der Waals surface area contributed by atoms with Gasteiger partial charge in [-0.1, -0.05) is 41.9 Å². The summed E-state index contributed by atoms with van der Waals surface area (Å²) in [6, 6.07) is 14.4. The number of phenols is 1. The summed E-state index contributed by atoms with van der Waals surface area (Å²) in [7, 11) is -4.46. The van der Waals surface area contributed by atoms with Crippen LogP contribution in [0.5, 0.6) is 5.75 Å². The molecule has 0 unspecified atom stereocenters. The predicted octanol–water partition coefficient (Wildman–Crippen LogP) is 4.86. The van der Waals surface area contributed by atoms with E-state index in [9.17, 15) is 13.5 Å². The third-order valence-corrected chi connectivity index (χ3v) is 4.67. The van der Waals surface area contributed by atoms with Crippen LogP contribution in [0.15, 0.2) is 69.7 Å². The summed E-state index contributed by atoms with van der Waals surface area (Å²) >= 11 is 5.75. The van der Waals surface area contributed by atoms with Gasteiger partial charge in [0.2, 0.25) is 0 Å². The number of nitrogens with zero attached hydrogens (tertiary/aromatic N) is 2. The van der Waals surface area contributed by atoms with E-state index in [-0.39, 0.29) is 22.1 Å². The Morgan fingerprint density at radius 1 is 0.958 bits per heavy atom. The van der Waals surface area contributed by atoms with Crippen molar-refractivity contribution in [1.29, 1.82) is 0 Å². The molecule has 6 nitrogen and oxygen atoms in total. The fourth-order valence-electron chi connectivity index (χ4n) is 2.21. The zero-order chi connectivity index (χ0) is 17.3. The zero-order valence-electron chi connectivity index (χ0n) is 12.1. The van der Waals surface area contributed by atoms with Crippen LogP contribution < -0.4 is 0 Å². The van der Waals surface area contributed by atoms with Crippen molar-refractivity contribution in [3.63, 3.8) is 0 Å². The van der Waals surface area contributed by atoms with Crippen molar-refractivity contribution in [2.24, 2.45) is 10.2 Å². The average Bonchev–Trinajstić information content (AvgIpc) is 2.54. The summed E-state index contributed by atoms with van der Waals surface area (Å²) in [6.45, 7) is 0. The van der Waals surface area contributed by atoms with Gasteiger partial charge in [-0.05, 0) is 29.7 Å². The molecule has 0 aromatic heterocycles. The van der Waals surface area contributed by atoms with Gasteiger partial charge in [-0.2, -0.15) is 13.5 Å². The second kappa shape index (κ2) is 6.20. The topological polar surface area (TPSA) is 99.3 Å². The van der Waals surface area contributed by atoms with Crippen molar-refractivity contribution in [3.8, 4) is 5.75 Å². The number of hydrogen-bond acceptors (Lipinski definition) is 5. The van der Waals surface area contributed by atoms with Gasteiger partial charge in [0.15, 0.2) is 0 Å². The summed E-state index contributed by atoms with van der Waals surface area (Å²) < 4.78 is 31.7. The van der Waals surface area contributed by atoms with Crippen molar-refractivity contribution in [2.75, 3.05) is 0 Å². The Kier molecular flexibility index (Phi) is 4.23. The zero-order valence-corrected chi connectivity index (χ0v) is 13.7. The fourth-order valence-corrected chi connectivity index (χ4v) is 3.20. The van der Waals surface area contributed by atoms with Crippen molar-refractivity contribution in [1.82, 2.24) is 0 Å². The Morgan fingerprint density at radius 2 is 1.71 bits per heavy atom. The predicted molar refractivity (Wildman–Crippen MR) is 91.1 cm³/mol. The lowest BCUT2D eigenvalue weighted by molar-refractivity contribution is 0.477. The van der Waals surface area contributed by atoms with Crippen molar-refractivity contribution in [2.45, 2.75) is 4.90 Å². The molecule has 0 heterocycles. The monoisotopic (exact) mass is 362 g/mol. The van der Waals surface area contributed by atoms with E-state index in [1.807, 2.05) is 12.1 Å². The highest BCUT2D eigenvalue weighted by molar-refractivity contribution is 7.86. The van der Waals surface area contributed by atoms with Gasteiger partial charge in [-0.15, -0.1) is 5.11 Å². The first-order valence-electron chi connectivity index (χ1n) is 6.76. The first-order valence-corrected chi connectivity index (χ1v) is 8.57. The molecule has 8 heteroatoms. The molecule has 0 bridgehead atoms. The Labute approximate surface area is 142 Å². The number of halogens is 1. The van der Waals surface area contributed by atoms with E-state index < -0.39 is 15.0 Å². The SMILES string of the molecule is O=S(=O)(O)c1cc(N=Nc2c(O)ccc3ccccc23)ccc1Cl. The number of hydrogen-bond donors (Lipinski definition) is 2. The van der Waals surface area contributed by atoms with Gasteiger partial charge >= 0.3 is 0 Å². The van der Waals surface area contributed by atoms with Gasteiger partial charge in [0.25, 0.3) is 10.1 Å². The minimum atomic E-state index is -4.46. The molecule has 0 atom stereocenters. The Bertz CT molecular complexity index is 1060. The molecule has 3 aromatic rings. The van der Waals surface area contributed by atoms with Crippen LogP contribution in [0.2, 0.25) is 5.02 Å². The van der Waals surface area contributed by atoms with Crippen molar-refractivity contribution < 1.29 is 18.1 Å². The molecule has 3 rings (SSSR count). The Hall–Kier alpha value is -2.48. The van der Waals surface area contributed by atoms with Crippen molar-refractivity contribution in [3.05, 3.63) is 59.6 Å². The largest absolute Gasteiger partial charge is 0.506 e. The van der Waals surface area contributed by atoms with E-state index in [1.165, 1.54) is 18.2 Å². The lowest BCUT2D eigenvalue weighted by atomic mass is 10.1. The minimum Gasteiger partial charge on any atom is -0.506 e. The van der Waals surface area contributed by atoms with E-state index in [4.69, 9.17) is 16.2 Å². The molecule has 122 valence electrons. The number of phenolic OH excluding ortho intramolecular Hbond substituents is 1. The molecule has 3 aromatic carbocycles. The lowest BCUT2D eigenvalue weighted by Gasteiger charge is -2.04. The van der Waals surface area contributed by atoms with E-state index in [0.717, 1.165) is 11.5 Å². The van der Waals surface area contributed by atoms with Gasteiger partial charge < -0.3 is 5.11 Å². The molecule has 0 saturated heterocycles. The summed E-state index contributed by atoms with van der Waals surface area (Å²) in [4.78, 5) is -0.456. The third kappa shape index (κ3) is 3.23. The van der Waals surface area contributed by atoms with Crippen LogP contribution in [0.3, 0.4) is 0 Å². The normalized spacial score (nSPS) is 12.1. The van der Waals surface area contributed by atoms with Gasteiger partial charge in [0, 0.05) is 5.39 Å². The van der Waals surface area contributed by atoms with E-state index in [0.29, 0.717) is 5.39 Å². The number of benzene rings is 3. The molecule has 0 aliphatic rings. The summed E-state index contributed by atoms with van der Waals surface area (Å²) in [5.41, 5.74) is 0.427. The molecule has 0 aliphatic heterocycles. The second-order valence-electron chi connectivity index (χ2n) is 4.94. The van der Waals surface area contributed by atoms with E-state index in [2.05, 4.69) is 10.2 Å². The van der Waals surface area contributed by atoms with E-state index >= 15 is 0 Å². The molecule has 2 N–H and O–H groups in total. The van der Waals surface area contributed by atoms with Gasteiger partial charge in [0.05, 0.1) is 10.7 Å². The smallest absolute Gasteiger partial charge is 0.296 e. The summed E-state index contributed by atoms with van der Waals surface area (Å²) in [6.07, 6.45) is 0. The second-order valence-corrected chi connectivity index (χ2v) is 6.74. The van der Waals surface area contributed by atoms with Crippen LogP contribution in [0.4, 0.5) is 11.4 Å². The third-order valence-electron chi connectivity index (χ3n) is 3.34. The van der Waals surface area contributed by atoms with Gasteiger partial charge in [0.1, 0.15) is 16.3 Å². The Balaban J connectivity index is 2.08. The van der Waals surface area contributed by atoms with Gasteiger partial charge in [-0.25, -0.2) is 0 Å². The molecular formula is C16H11ClN2O4S. The maximum atomic E-state index is 11.3. The minimum absolute atomic E-state index is 0.0542. The molecule has 24 heavy (non-hydrogen) atoms. The average molecular weight is 363 g/mol. The van der Waals surface area contributed by atoms with Crippen LogP contribution in [0.1, 0.15) is 0 Å². The molecule has 0 spiro atoms. The first kappa shape index (κ1) is 16.4. The molecular weight excluding hydrogens is 352 g/mol. The van der Waals surface area contributed by atoms with Crippen molar-refractivity contribution >= 4 is 43.9 Å².